The number of carbonyl (C=O) groups is 2. The monoisotopic (exact) mass is 273 g/mol. The van der Waals surface area contributed by atoms with Crippen molar-refractivity contribution >= 4 is 11.9 Å². The molecule has 0 fully saturated rings. The van der Waals surface area contributed by atoms with Gasteiger partial charge in [-0.2, -0.15) is 0 Å². The van der Waals surface area contributed by atoms with Crippen molar-refractivity contribution < 1.29 is 19.4 Å². The molecule has 2 rings (SSSR count). The van der Waals surface area contributed by atoms with Crippen molar-refractivity contribution in [3.05, 3.63) is 58.0 Å². The van der Waals surface area contributed by atoms with Crippen LogP contribution in [-0.4, -0.2) is 29.1 Å². The number of hydrogen-bond acceptors (Lipinski definition) is 4. The Morgan fingerprint density at radius 2 is 1.95 bits per heavy atom. The normalized spacial score (nSPS) is 10.1. The zero-order chi connectivity index (χ0) is 14.7. The highest BCUT2D eigenvalue weighted by Crippen LogP contribution is 2.18. The van der Waals surface area contributed by atoms with E-state index in [1.807, 2.05) is 0 Å². The second kappa shape index (κ2) is 5.40. The van der Waals surface area contributed by atoms with E-state index in [9.17, 15) is 14.4 Å². The van der Waals surface area contributed by atoms with Crippen LogP contribution in [0.2, 0.25) is 0 Å². The Hall–Kier alpha value is -2.89. The van der Waals surface area contributed by atoms with Crippen molar-refractivity contribution in [3.8, 4) is 11.1 Å². The van der Waals surface area contributed by atoms with E-state index >= 15 is 0 Å². The lowest BCUT2D eigenvalue weighted by Crippen LogP contribution is -2.11. The molecule has 0 atom stereocenters. The summed E-state index contributed by atoms with van der Waals surface area (Å²) in [5, 5.41) is 8.93. The number of carboxylic acid groups (broad SMARTS) is 1. The number of benzene rings is 1. The third-order valence-electron chi connectivity index (χ3n) is 2.74. The molecule has 0 unspecified atom stereocenters. The second-order valence-electron chi connectivity index (χ2n) is 4.01. The summed E-state index contributed by atoms with van der Waals surface area (Å²) in [6.45, 7) is 0. The Kier molecular flexibility index (Phi) is 3.65. The van der Waals surface area contributed by atoms with Gasteiger partial charge in [0, 0.05) is 11.8 Å². The Morgan fingerprint density at radius 1 is 1.20 bits per heavy atom. The maximum atomic E-state index is 11.8. The fraction of sp³-hybridized carbons (Fsp3) is 0.0714. The summed E-state index contributed by atoms with van der Waals surface area (Å²) < 4.78 is 4.60. The van der Waals surface area contributed by atoms with Gasteiger partial charge < -0.3 is 14.8 Å². The van der Waals surface area contributed by atoms with Gasteiger partial charge in [0.1, 0.15) is 0 Å². The van der Waals surface area contributed by atoms with Crippen molar-refractivity contribution in [3.63, 3.8) is 0 Å². The average Bonchev–Trinajstić information content (AvgIpc) is 2.46. The largest absolute Gasteiger partial charge is 0.478 e. The first kappa shape index (κ1) is 13.5. The molecule has 20 heavy (non-hydrogen) atoms. The van der Waals surface area contributed by atoms with Gasteiger partial charge in [0.15, 0.2) is 0 Å². The fourth-order valence-corrected chi connectivity index (χ4v) is 1.75. The number of methoxy groups -OCH3 is 1. The summed E-state index contributed by atoms with van der Waals surface area (Å²) in [6, 6.07) is 7.49. The highest BCUT2D eigenvalue weighted by molar-refractivity contribution is 5.92. The Labute approximate surface area is 113 Å². The zero-order valence-corrected chi connectivity index (χ0v) is 10.5. The highest BCUT2D eigenvalue weighted by atomic mass is 16.5. The first-order chi connectivity index (χ1) is 9.52. The lowest BCUT2D eigenvalue weighted by molar-refractivity contribution is 0.0599. The number of hydrogen-bond donors (Lipinski definition) is 2. The molecule has 0 aliphatic rings. The van der Waals surface area contributed by atoms with Gasteiger partial charge in [0.05, 0.1) is 18.2 Å². The molecule has 6 heteroatoms. The van der Waals surface area contributed by atoms with E-state index in [1.165, 1.54) is 19.2 Å². The van der Waals surface area contributed by atoms with Crippen LogP contribution in [-0.2, 0) is 4.74 Å². The first-order valence-electron chi connectivity index (χ1n) is 5.67. The van der Waals surface area contributed by atoms with Crippen molar-refractivity contribution in [1.82, 2.24) is 4.98 Å². The smallest absolute Gasteiger partial charge is 0.337 e. The fourth-order valence-electron chi connectivity index (χ4n) is 1.75. The average molecular weight is 273 g/mol. The Balaban J connectivity index is 2.56. The van der Waals surface area contributed by atoms with Crippen molar-refractivity contribution in [2.45, 2.75) is 0 Å². The molecule has 1 aromatic carbocycles. The molecule has 1 heterocycles. The number of carbonyl (C=O) groups excluding carboxylic acids is 1. The maximum Gasteiger partial charge on any atom is 0.337 e. The number of nitrogens with one attached hydrogen (secondary N) is 1. The molecule has 0 amide bonds. The summed E-state index contributed by atoms with van der Waals surface area (Å²) in [5.74, 6) is -1.68. The molecule has 0 radical (unpaired) electrons. The van der Waals surface area contributed by atoms with Crippen molar-refractivity contribution in [1.29, 1.82) is 0 Å². The number of aromatic amines is 1. The van der Waals surface area contributed by atoms with E-state index in [-0.39, 0.29) is 16.7 Å². The predicted molar refractivity (Wildman–Crippen MR) is 70.8 cm³/mol. The van der Waals surface area contributed by atoms with E-state index in [0.29, 0.717) is 5.56 Å². The molecule has 0 saturated carbocycles. The molecule has 0 aliphatic heterocycles. The lowest BCUT2D eigenvalue weighted by Gasteiger charge is -2.04. The van der Waals surface area contributed by atoms with Gasteiger partial charge in [-0.25, -0.2) is 9.59 Å². The van der Waals surface area contributed by atoms with Crippen LogP contribution in [0.5, 0.6) is 0 Å². The van der Waals surface area contributed by atoms with Gasteiger partial charge >= 0.3 is 11.9 Å². The Morgan fingerprint density at radius 3 is 2.60 bits per heavy atom. The molecule has 0 spiro atoms. The third-order valence-corrected chi connectivity index (χ3v) is 2.74. The van der Waals surface area contributed by atoms with E-state index in [4.69, 9.17) is 5.11 Å². The molecule has 0 aliphatic carbocycles. The quantitative estimate of drug-likeness (QED) is 0.826. The maximum absolute atomic E-state index is 11.8. The number of H-pyrrole nitrogens is 1. The first-order valence-corrected chi connectivity index (χ1v) is 5.67. The molecule has 102 valence electrons. The molecule has 0 saturated heterocycles. The van der Waals surface area contributed by atoms with Crippen LogP contribution in [0, 0.1) is 0 Å². The van der Waals surface area contributed by atoms with E-state index in [2.05, 4.69) is 9.72 Å². The van der Waals surface area contributed by atoms with Gasteiger partial charge in [-0.3, -0.25) is 4.79 Å². The number of aromatic carboxylic acids is 1. The van der Waals surface area contributed by atoms with Crippen molar-refractivity contribution in [2.24, 2.45) is 0 Å². The summed E-state index contributed by atoms with van der Waals surface area (Å²) in [6.07, 6.45) is 1.12. The number of ether oxygens (including phenoxy) is 1. The van der Waals surface area contributed by atoms with Crippen LogP contribution >= 0.6 is 0 Å². The van der Waals surface area contributed by atoms with Crippen molar-refractivity contribution in [2.75, 3.05) is 7.11 Å². The molecule has 6 nitrogen and oxygen atoms in total. The van der Waals surface area contributed by atoms with Crippen LogP contribution < -0.4 is 5.56 Å². The lowest BCUT2D eigenvalue weighted by atomic mass is 10.0. The summed E-state index contributed by atoms with van der Waals surface area (Å²) in [5.41, 5.74) is 0.429. The van der Waals surface area contributed by atoms with Crippen LogP contribution in [0.15, 0.2) is 41.3 Å². The molecule has 1 aromatic heterocycles. The van der Waals surface area contributed by atoms with E-state index < -0.39 is 17.5 Å². The summed E-state index contributed by atoms with van der Waals surface area (Å²) in [7, 11) is 1.26. The van der Waals surface area contributed by atoms with Crippen LogP contribution in [0.4, 0.5) is 0 Å². The van der Waals surface area contributed by atoms with Crippen LogP contribution in [0.25, 0.3) is 11.1 Å². The molecule has 2 aromatic rings. The van der Waals surface area contributed by atoms with E-state index in [1.54, 1.807) is 18.2 Å². The van der Waals surface area contributed by atoms with Gasteiger partial charge in [-0.15, -0.1) is 0 Å². The molecular formula is C14H11NO5. The van der Waals surface area contributed by atoms with Crippen LogP contribution in [0.3, 0.4) is 0 Å². The molecule has 0 bridgehead atoms. The molecular weight excluding hydrogens is 262 g/mol. The Bertz CT molecular complexity index is 732. The summed E-state index contributed by atoms with van der Waals surface area (Å²) in [4.78, 5) is 36.5. The minimum Gasteiger partial charge on any atom is -0.478 e. The minimum atomic E-state index is -1.15. The van der Waals surface area contributed by atoms with Gasteiger partial charge in [-0.05, 0) is 23.8 Å². The zero-order valence-electron chi connectivity index (χ0n) is 10.5. The SMILES string of the molecule is COC(=O)c1cccc(-c2cc(C(=O)O)c[nH]c2=O)c1. The van der Waals surface area contributed by atoms with Gasteiger partial charge in [0.25, 0.3) is 5.56 Å². The van der Waals surface area contributed by atoms with Gasteiger partial charge in [0.2, 0.25) is 0 Å². The highest BCUT2D eigenvalue weighted by Gasteiger charge is 2.11. The molecule has 2 N–H and O–H groups in total. The minimum absolute atomic E-state index is 0.0388. The van der Waals surface area contributed by atoms with E-state index in [0.717, 1.165) is 6.20 Å². The number of rotatable bonds is 3. The topological polar surface area (TPSA) is 96.5 Å². The number of esters is 1. The summed E-state index contributed by atoms with van der Waals surface area (Å²) >= 11 is 0. The third kappa shape index (κ3) is 2.59. The number of pyridine rings is 1. The van der Waals surface area contributed by atoms with Crippen LogP contribution in [0.1, 0.15) is 20.7 Å². The second-order valence-corrected chi connectivity index (χ2v) is 4.01. The number of carboxylic acids is 1. The standard InChI is InChI=1S/C14H11NO5/c1-20-14(19)9-4-2-3-8(5-9)11-6-10(13(17)18)7-15-12(11)16/h2-7H,1H3,(H,15,16)(H,17,18). The predicted octanol–water partition coefficient (Wildman–Crippen LogP) is 1.53. The van der Waals surface area contributed by atoms with Gasteiger partial charge in [-0.1, -0.05) is 12.1 Å². The number of aromatic nitrogens is 1.